The zero-order chi connectivity index (χ0) is 35.8. The molecule has 3 aromatic rings. The quantitative estimate of drug-likeness (QED) is 0.204. The molecule has 51 heavy (non-hydrogen) atoms. The van der Waals surface area contributed by atoms with Gasteiger partial charge < -0.3 is 30.9 Å². The number of fused-ring (bicyclic) bond motifs is 1. The SMILES string of the molecule is COc1cc2nc(C)nc(N[C@H](C)c3cc(N)cc(C(F)(F)F)c3)c2cc1C1CCC(N2CCC(CN3CCC4(CCNCC4)CC3)CC2)CC1. The average Bonchev–Trinajstić information content (AvgIpc) is 3.12. The Kier molecular flexibility index (Phi) is 10.7. The second kappa shape index (κ2) is 15.1. The van der Waals surface area contributed by atoms with E-state index in [0.29, 0.717) is 34.6 Å². The molecule has 1 saturated carbocycles. The van der Waals surface area contributed by atoms with Gasteiger partial charge in [-0.1, -0.05) is 0 Å². The number of nitrogen functional groups attached to an aromatic ring is 1. The molecule has 278 valence electrons. The summed E-state index contributed by atoms with van der Waals surface area (Å²) < 4.78 is 46.6. The fourth-order valence-electron chi connectivity index (χ4n) is 9.56. The molecule has 11 heteroatoms. The highest BCUT2D eigenvalue weighted by atomic mass is 19.4. The maximum absolute atomic E-state index is 13.6. The second-order valence-electron chi connectivity index (χ2n) is 16.0. The van der Waals surface area contributed by atoms with E-state index in [-0.39, 0.29) is 5.69 Å². The summed E-state index contributed by atoms with van der Waals surface area (Å²) in [4.78, 5) is 14.9. The van der Waals surface area contributed by atoms with E-state index in [1.54, 1.807) is 13.2 Å². The van der Waals surface area contributed by atoms with Crippen LogP contribution >= 0.6 is 0 Å². The number of benzene rings is 2. The first-order chi connectivity index (χ1) is 24.5. The van der Waals surface area contributed by atoms with Gasteiger partial charge in [0.15, 0.2) is 0 Å². The molecule has 4 fully saturated rings. The van der Waals surface area contributed by atoms with E-state index in [1.807, 2.05) is 19.9 Å². The Bertz CT molecular complexity index is 1650. The zero-order valence-corrected chi connectivity index (χ0v) is 30.6. The highest BCUT2D eigenvalue weighted by Crippen LogP contribution is 2.43. The summed E-state index contributed by atoms with van der Waals surface area (Å²) >= 11 is 0. The first-order valence-electron chi connectivity index (χ1n) is 19.3. The Morgan fingerprint density at radius 3 is 2.31 bits per heavy atom. The molecule has 8 nitrogen and oxygen atoms in total. The van der Waals surface area contributed by atoms with Crippen LogP contribution in [0.25, 0.3) is 10.9 Å². The minimum absolute atomic E-state index is 0.0760. The number of anilines is 2. The normalized spacial score (nSPS) is 24.5. The van der Waals surface area contributed by atoms with Crippen LogP contribution in [0, 0.1) is 18.3 Å². The van der Waals surface area contributed by atoms with Gasteiger partial charge in [-0.2, -0.15) is 13.2 Å². The van der Waals surface area contributed by atoms with Crippen LogP contribution in [0.5, 0.6) is 5.75 Å². The molecule has 1 aliphatic carbocycles. The Labute approximate surface area is 301 Å². The van der Waals surface area contributed by atoms with E-state index in [2.05, 4.69) is 26.5 Å². The highest BCUT2D eigenvalue weighted by molar-refractivity contribution is 5.91. The van der Waals surface area contributed by atoms with Crippen LogP contribution < -0.4 is 21.1 Å². The third kappa shape index (κ3) is 8.25. The molecule has 4 N–H and O–H groups in total. The number of methoxy groups -OCH3 is 1. The topological polar surface area (TPSA) is 91.6 Å². The van der Waals surface area contributed by atoms with Crippen molar-refractivity contribution in [1.29, 1.82) is 0 Å². The number of nitrogens with zero attached hydrogens (tertiary/aromatic N) is 4. The van der Waals surface area contributed by atoms with Crippen LogP contribution in [0.3, 0.4) is 0 Å². The Morgan fingerprint density at radius 2 is 1.65 bits per heavy atom. The van der Waals surface area contributed by atoms with E-state index in [0.717, 1.165) is 53.1 Å². The lowest BCUT2D eigenvalue weighted by molar-refractivity contribution is -0.137. The smallest absolute Gasteiger partial charge is 0.416 e. The van der Waals surface area contributed by atoms with Crippen LogP contribution in [-0.2, 0) is 6.18 Å². The minimum atomic E-state index is -4.48. The molecule has 0 bridgehead atoms. The zero-order valence-electron chi connectivity index (χ0n) is 30.6. The highest BCUT2D eigenvalue weighted by Gasteiger charge is 2.37. The van der Waals surface area contributed by atoms with Gasteiger partial charge in [0.05, 0.1) is 24.2 Å². The van der Waals surface area contributed by atoms with Gasteiger partial charge in [-0.15, -0.1) is 0 Å². The van der Waals surface area contributed by atoms with Gasteiger partial charge in [0.2, 0.25) is 0 Å². The van der Waals surface area contributed by atoms with E-state index >= 15 is 0 Å². The van der Waals surface area contributed by atoms with Crippen molar-refractivity contribution >= 4 is 22.4 Å². The summed E-state index contributed by atoms with van der Waals surface area (Å²) in [6.07, 6.45) is 8.16. The molecule has 0 amide bonds. The molecule has 7 rings (SSSR count). The van der Waals surface area contributed by atoms with Gasteiger partial charge in [-0.3, -0.25) is 0 Å². The Balaban J connectivity index is 0.974. The number of hydrogen-bond donors (Lipinski definition) is 3. The van der Waals surface area contributed by atoms with Crippen molar-refractivity contribution in [3.8, 4) is 5.75 Å². The van der Waals surface area contributed by atoms with Gasteiger partial charge in [0.1, 0.15) is 17.4 Å². The molecule has 0 radical (unpaired) electrons. The monoisotopic (exact) mass is 707 g/mol. The van der Waals surface area contributed by atoms with Gasteiger partial charge >= 0.3 is 6.18 Å². The standard InChI is InChI=1S/C40H56F3N7O/c1-26(30-20-31(40(41,42)43)22-32(44)21-30)46-38-35-23-34(37(51-3)24-36(35)47-27(2)48-38)29-4-6-33(7-5-29)50-16-8-28(9-17-50)25-49-18-12-39(13-19-49)10-14-45-15-11-39/h20-24,26,28-29,33,45H,4-19,25,44H2,1-3H3,(H,46,47,48)/t26-,29?,33?/m1/s1. The van der Waals surface area contributed by atoms with Crippen molar-refractivity contribution in [2.24, 2.45) is 11.3 Å². The number of rotatable bonds is 8. The predicted molar refractivity (Wildman–Crippen MR) is 198 cm³/mol. The molecule has 1 aromatic heterocycles. The van der Waals surface area contributed by atoms with Crippen molar-refractivity contribution in [3.05, 3.63) is 52.8 Å². The van der Waals surface area contributed by atoms with Crippen molar-refractivity contribution < 1.29 is 17.9 Å². The van der Waals surface area contributed by atoms with E-state index in [9.17, 15) is 13.2 Å². The number of nitrogens with one attached hydrogen (secondary N) is 2. The maximum atomic E-state index is 13.6. The number of nitrogens with two attached hydrogens (primary N) is 1. The van der Waals surface area contributed by atoms with Crippen LogP contribution in [0.15, 0.2) is 30.3 Å². The fourth-order valence-corrected chi connectivity index (χ4v) is 9.56. The second-order valence-corrected chi connectivity index (χ2v) is 16.0. The first-order valence-corrected chi connectivity index (χ1v) is 19.3. The molecule has 4 heterocycles. The van der Waals surface area contributed by atoms with Gasteiger partial charge in [-0.25, -0.2) is 9.97 Å². The number of aryl methyl sites for hydroxylation is 1. The van der Waals surface area contributed by atoms with Crippen LogP contribution in [-0.4, -0.2) is 78.7 Å². The lowest BCUT2D eigenvalue weighted by Gasteiger charge is -2.46. The van der Waals surface area contributed by atoms with Crippen molar-refractivity contribution in [2.75, 3.05) is 64.0 Å². The molecule has 2 aromatic carbocycles. The van der Waals surface area contributed by atoms with Crippen LogP contribution in [0.2, 0.25) is 0 Å². The predicted octanol–water partition coefficient (Wildman–Crippen LogP) is 7.92. The lowest BCUT2D eigenvalue weighted by Crippen LogP contribution is -2.48. The van der Waals surface area contributed by atoms with Crippen molar-refractivity contribution in [1.82, 2.24) is 25.1 Å². The lowest BCUT2D eigenvalue weighted by atomic mass is 9.71. The molecule has 1 spiro atoms. The molecule has 3 saturated heterocycles. The molecular formula is C40H56F3N7O. The molecule has 4 aliphatic rings. The first kappa shape index (κ1) is 36.2. The molecule has 0 unspecified atom stereocenters. The summed E-state index contributed by atoms with van der Waals surface area (Å²) in [7, 11) is 1.71. The van der Waals surface area contributed by atoms with Crippen molar-refractivity contribution in [3.63, 3.8) is 0 Å². The number of halogens is 3. The molecule has 1 atom stereocenters. The minimum Gasteiger partial charge on any atom is -0.496 e. The largest absolute Gasteiger partial charge is 0.496 e. The summed E-state index contributed by atoms with van der Waals surface area (Å²) in [5, 5.41) is 7.77. The van der Waals surface area contributed by atoms with Crippen LogP contribution in [0.4, 0.5) is 24.7 Å². The summed E-state index contributed by atoms with van der Waals surface area (Å²) in [5.41, 5.74) is 8.16. The fraction of sp³-hybridized carbons (Fsp3) is 0.650. The number of alkyl halides is 3. The molecular weight excluding hydrogens is 651 g/mol. The third-order valence-electron chi connectivity index (χ3n) is 12.7. The van der Waals surface area contributed by atoms with E-state index in [4.69, 9.17) is 20.4 Å². The summed E-state index contributed by atoms with van der Waals surface area (Å²) in [6.45, 7) is 12.3. The Morgan fingerprint density at radius 1 is 0.941 bits per heavy atom. The van der Waals surface area contributed by atoms with Gasteiger partial charge in [-0.05, 0) is 170 Å². The number of aromatic nitrogens is 2. The van der Waals surface area contributed by atoms with Gasteiger partial charge in [0.25, 0.3) is 0 Å². The van der Waals surface area contributed by atoms with Gasteiger partial charge in [0, 0.05) is 29.7 Å². The third-order valence-corrected chi connectivity index (χ3v) is 12.7. The number of ether oxygens (including phenoxy) is 1. The number of piperidine rings is 3. The van der Waals surface area contributed by atoms with E-state index in [1.165, 1.54) is 97.2 Å². The Hall–Kier alpha value is -3.15. The van der Waals surface area contributed by atoms with E-state index < -0.39 is 17.8 Å². The summed E-state index contributed by atoms with van der Waals surface area (Å²) in [5.74, 6) is 3.18. The number of hydrogen-bond acceptors (Lipinski definition) is 8. The summed E-state index contributed by atoms with van der Waals surface area (Å²) in [6, 6.07) is 8.00. The number of likely N-dealkylation sites (tertiary alicyclic amines) is 2. The van der Waals surface area contributed by atoms with Crippen LogP contribution in [0.1, 0.15) is 106 Å². The maximum Gasteiger partial charge on any atom is 0.416 e. The van der Waals surface area contributed by atoms with Crippen molar-refractivity contribution in [2.45, 2.75) is 102 Å². The molecule has 3 aliphatic heterocycles. The average molecular weight is 708 g/mol.